The fraction of sp³-hybridized carbons (Fsp3) is 0.400. The third kappa shape index (κ3) is 3.67. The fourth-order valence-corrected chi connectivity index (χ4v) is 3.75. The topological polar surface area (TPSA) is 155 Å². The van der Waals surface area contributed by atoms with Crippen molar-refractivity contribution in [1.82, 2.24) is 19.5 Å². The molecule has 4 heterocycles. The van der Waals surface area contributed by atoms with E-state index in [9.17, 15) is 10.4 Å². The second-order valence-corrected chi connectivity index (χ2v) is 7.93. The smallest absolute Gasteiger partial charge is 0.224 e. The number of fused-ring (bicyclic) bond motifs is 1. The fourth-order valence-electron chi connectivity index (χ4n) is 3.75. The Morgan fingerprint density at radius 1 is 1.27 bits per heavy atom. The van der Waals surface area contributed by atoms with Gasteiger partial charge in [-0.15, -0.1) is 0 Å². The minimum Gasteiger partial charge on any atom is -0.390 e. The van der Waals surface area contributed by atoms with Crippen LogP contribution < -0.4 is 21.7 Å². The molecule has 1 fully saturated rings. The van der Waals surface area contributed by atoms with Crippen LogP contribution in [0.4, 0.5) is 23.3 Å². The Kier molecular flexibility index (Phi) is 4.83. The molecule has 30 heavy (non-hydrogen) atoms. The summed E-state index contributed by atoms with van der Waals surface area (Å²) in [5.74, 6) is 0.321. The highest BCUT2D eigenvalue weighted by Crippen LogP contribution is 2.31. The molecule has 0 atom stereocenters. The molecule has 1 saturated heterocycles. The van der Waals surface area contributed by atoms with Crippen molar-refractivity contribution in [3.8, 4) is 6.07 Å². The van der Waals surface area contributed by atoms with E-state index in [0.717, 1.165) is 35.5 Å². The predicted molar refractivity (Wildman–Crippen MR) is 116 cm³/mol. The number of nitrogens with two attached hydrogens (primary N) is 2. The third-order valence-corrected chi connectivity index (χ3v) is 5.59. The Bertz CT molecular complexity index is 1140. The number of nitrogen functional groups attached to an aromatic ring is 2. The first-order valence-corrected chi connectivity index (χ1v) is 9.76. The van der Waals surface area contributed by atoms with Gasteiger partial charge in [0.1, 0.15) is 17.5 Å². The van der Waals surface area contributed by atoms with Gasteiger partial charge in [0.2, 0.25) is 5.95 Å². The van der Waals surface area contributed by atoms with Crippen LogP contribution in [-0.2, 0) is 13.6 Å². The van der Waals surface area contributed by atoms with Crippen LogP contribution in [0, 0.1) is 11.3 Å². The monoisotopic (exact) mass is 407 g/mol. The molecule has 1 aliphatic heterocycles. The summed E-state index contributed by atoms with van der Waals surface area (Å²) in [4.78, 5) is 15.0. The number of nitrogens with one attached hydrogen (secondary N) is 1. The quantitative estimate of drug-likeness (QED) is 0.501. The van der Waals surface area contributed by atoms with Crippen LogP contribution in [0.3, 0.4) is 0 Å². The van der Waals surface area contributed by atoms with E-state index in [2.05, 4.69) is 26.3 Å². The molecule has 0 aromatic carbocycles. The summed E-state index contributed by atoms with van der Waals surface area (Å²) in [7, 11) is 1.98. The SMILES string of the molecule is Cn1ccc2nc(CNc3nc(N)nc(N)c3C#N)c(N3CCC(C)(O)CC3)cc21. The number of pyridine rings is 1. The van der Waals surface area contributed by atoms with Gasteiger partial charge in [0.05, 0.1) is 34.6 Å². The van der Waals surface area contributed by atoms with Crippen molar-refractivity contribution < 1.29 is 5.11 Å². The first-order valence-electron chi connectivity index (χ1n) is 9.76. The molecule has 0 amide bonds. The molecule has 1 aliphatic rings. The molecule has 0 aliphatic carbocycles. The van der Waals surface area contributed by atoms with E-state index in [-0.39, 0.29) is 23.1 Å². The molecule has 0 radical (unpaired) electrons. The van der Waals surface area contributed by atoms with E-state index in [1.165, 1.54) is 0 Å². The molecule has 3 aromatic heterocycles. The minimum absolute atomic E-state index is 0.000967. The number of rotatable bonds is 4. The highest BCUT2D eigenvalue weighted by molar-refractivity contribution is 5.81. The van der Waals surface area contributed by atoms with Crippen molar-refractivity contribution in [2.75, 3.05) is 34.8 Å². The van der Waals surface area contributed by atoms with Gasteiger partial charge in [-0.2, -0.15) is 15.2 Å². The van der Waals surface area contributed by atoms with Crippen molar-refractivity contribution in [2.24, 2.45) is 7.05 Å². The number of anilines is 4. The summed E-state index contributed by atoms with van der Waals surface area (Å²) in [5.41, 5.74) is 14.7. The number of nitrogens with zero attached hydrogens (tertiary/aromatic N) is 6. The van der Waals surface area contributed by atoms with E-state index in [1.807, 2.05) is 36.9 Å². The van der Waals surface area contributed by atoms with Crippen molar-refractivity contribution in [3.05, 3.63) is 29.6 Å². The van der Waals surface area contributed by atoms with E-state index in [0.29, 0.717) is 19.4 Å². The van der Waals surface area contributed by atoms with Crippen molar-refractivity contribution in [2.45, 2.75) is 31.9 Å². The number of hydrogen-bond donors (Lipinski definition) is 4. The van der Waals surface area contributed by atoms with Gasteiger partial charge in [-0.1, -0.05) is 0 Å². The Balaban J connectivity index is 1.69. The summed E-state index contributed by atoms with van der Waals surface area (Å²) >= 11 is 0. The Morgan fingerprint density at radius 3 is 2.70 bits per heavy atom. The normalized spacial score (nSPS) is 15.9. The maximum atomic E-state index is 10.3. The van der Waals surface area contributed by atoms with Crippen LogP contribution in [0.25, 0.3) is 11.0 Å². The van der Waals surface area contributed by atoms with E-state index < -0.39 is 5.60 Å². The average molecular weight is 407 g/mol. The number of aryl methyl sites for hydroxylation is 1. The molecule has 156 valence electrons. The molecule has 3 aromatic rings. The van der Waals surface area contributed by atoms with Gasteiger partial charge < -0.3 is 31.4 Å². The zero-order valence-electron chi connectivity index (χ0n) is 17.1. The van der Waals surface area contributed by atoms with Gasteiger partial charge in [-0.05, 0) is 31.9 Å². The van der Waals surface area contributed by atoms with Gasteiger partial charge >= 0.3 is 0 Å². The summed E-state index contributed by atoms with van der Waals surface area (Å²) in [6, 6.07) is 6.10. The van der Waals surface area contributed by atoms with Crippen LogP contribution in [-0.4, -0.2) is 43.3 Å². The molecular formula is C20H25N9O. The molecule has 10 nitrogen and oxygen atoms in total. The number of aliphatic hydroxyl groups is 1. The maximum Gasteiger partial charge on any atom is 0.224 e. The Morgan fingerprint density at radius 2 is 2.00 bits per heavy atom. The maximum absolute atomic E-state index is 10.3. The lowest BCUT2D eigenvalue weighted by molar-refractivity contribution is 0.0351. The molecule has 10 heteroatoms. The van der Waals surface area contributed by atoms with Gasteiger partial charge in [-0.25, -0.2) is 4.98 Å². The van der Waals surface area contributed by atoms with Crippen LogP contribution in [0.2, 0.25) is 0 Å². The first-order chi connectivity index (χ1) is 14.3. The number of nitriles is 1. The third-order valence-electron chi connectivity index (χ3n) is 5.59. The first kappa shape index (κ1) is 19.7. The molecule has 0 bridgehead atoms. The van der Waals surface area contributed by atoms with Crippen LogP contribution >= 0.6 is 0 Å². The number of aromatic nitrogens is 4. The summed E-state index contributed by atoms with van der Waals surface area (Å²) in [6.45, 7) is 3.67. The Hall–Kier alpha value is -3.58. The summed E-state index contributed by atoms with van der Waals surface area (Å²) < 4.78 is 2.03. The van der Waals surface area contributed by atoms with E-state index >= 15 is 0 Å². The van der Waals surface area contributed by atoms with Crippen molar-refractivity contribution >= 4 is 34.3 Å². The minimum atomic E-state index is -0.644. The zero-order chi connectivity index (χ0) is 21.5. The average Bonchev–Trinajstić information content (AvgIpc) is 3.05. The van der Waals surface area contributed by atoms with Crippen LogP contribution in [0.15, 0.2) is 18.3 Å². The van der Waals surface area contributed by atoms with Crippen LogP contribution in [0.5, 0.6) is 0 Å². The molecule has 4 rings (SSSR count). The van der Waals surface area contributed by atoms with E-state index in [4.69, 9.17) is 16.5 Å². The standard InChI is InChI=1S/C20H25N9O/c1-20(30)4-7-29(8-5-20)16-9-15-13(3-6-28(15)2)25-14(16)11-24-18-12(10-21)17(22)26-19(23)27-18/h3,6,9,30H,4-5,7-8,11H2,1-2H3,(H5,22,23,24,26,27). The second kappa shape index (κ2) is 7.35. The zero-order valence-corrected chi connectivity index (χ0v) is 17.1. The van der Waals surface area contributed by atoms with Gasteiger partial charge in [0.15, 0.2) is 5.82 Å². The highest BCUT2D eigenvalue weighted by Gasteiger charge is 2.29. The predicted octanol–water partition coefficient (Wildman–Crippen LogP) is 1.36. The molecule has 0 spiro atoms. The van der Waals surface area contributed by atoms with Crippen molar-refractivity contribution in [1.29, 1.82) is 5.26 Å². The summed E-state index contributed by atoms with van der Waals surface area (Å²) in [5, 5.41) is 22.9. The highest BCUT2D eigenvalue weighted by atomic mass is 16.3. The largest absolute Gasteiger partial charge is 0.390 e. The van der Waals surface area contributed by atoms with Gasteiger partial charge in [0, 0.05) is 26.3 Å². The number of hydrogen-bond acceptors (Lipinski definition) is 9. The molecule has 6 N–H and O–H groups in total. The van der Waals surface area contributed by atoms with E-state index in [1.54, 1.807) is 0 Å². The second-order valence-electron chi connectivity index (χ2n) is 7.93. The molecule has 0 unspecified atom stereocenters. The number of piperidine rings is 1. The van der Waals surface area contributed by atoms with Crippen molar-refractivity contribution in [3.63, 3.8) is 0 Å². The van der Waals surface area contributed by atoms with Crippen LogP contribution in [0.1, 0.15) is 31.0 Å². The lowest BCUT2D eigenvalue weighted by Crippen LogP contribution is -2.43. The lowest BCUT2D eigenvalue weighted by atomic mass is 9.93. The molecule has 0 saturated carbocycles. The Labute approximate surface area is 174 Å². The van der Waals surface area contributed by atoms with Gasteiger partial charge in [0.25, 0.3) is 0 Å². The molecular weight excluding hydrogens is 382 g/mol. The van der Waals surface area contributed by atoms with Gasteiger partial charge in [-0.3, -0.25) is 0 Å². The lowest BCUT2D eigenvalue weighted by Gasteiger charge is -2.37. The summed E-state index contributed by atoms with van der Waals surface area (Å²) in [6.07, 6.45) is 3.34.